The van der Waals surface area contributed by atoms with Crippen molar-refractivity contribution in [3.8, 4) is 22.8 Å². The highest BCUT2D eigenvalue weighted by atomic mass is 32.1. The van der Waals surface area contributed by atoms with Crippen molar-refractivity contribution in [1.29, 1.82) is 0 Å². The molecule has 1 aromatic heterocycles. The second kappa shape index (κ2) is 9.09. The summed E-state index contributed by atoms with van der Waals surface area (Å²) >= 11 is 5.15. The van der Waals surface area contributed by atoms with E-state index in [0.29, 0.717) is 17.1 Å². The van der Waals surface area contributed by atoms with Gasteiger partial charge in [0, 0.05) is 24.2 Å². The highest BCUT2D eigenvalue weighted by Gasteiger charge is 2.42. The van der Waals surface area contributed by atoms with E-state index >= 15 is 0 Å². The SMILES string of the molecule is COc1ccc(-c2cc(=O)[nH]c(=S)n2C[C@@H](CN)OC(=O)C(F)(F)F)c(OC)c1. The molecule has 3 N–H and O–H groups in total. The maximum atomic E-state index is 12.5. The molecule has 0 fully saturated rings. The number of aromatic nitrogens is 2. The Labute approximate surface area is 168 Å². The van der Waals surface area contributed by atoms with Crippen LogP contribution in [-0.2, 0) is 16.1 Å². The molecule has 0 unspecified atom stereocenters. The van der Waals surface area contributed by atoms with Gasteiger partial charge in [-0.15, -0.1) is 0 Å². The van der Waals surface area contributed by atoms with Gasteiger partial charge in [-0.1, -0.05) is 0 Å². The first-order valence-corrected chi connectivity index (χ1v) is 8.56. The number of methoxy groups -OCH3 is 2. The van der Waals surface area contributed by atoms with E-state index in [9.17, 15) is 22.8 Å². The molecule has 0 aliphatic heterocycles. The molecule has 1 atom stereocenters. The van der Waals surface area contributed by atoms with Crippen molar-refractivity contribution < 1.29 is 32.2 Å². The molecular formula is C17H18F3N3O5S. The number of carbonyl (C=O) groups excluding carboxylic acids is 1. The van der Waals surface area contributed by atoms with Crippen LogP contribution in [0.2, 0.25) is 0 Å². The summed E-state index contributed by atoms with van der Waals surface area (Å²) < 4.78 is 53.6. The lowest BCUT2D eigenvalue weighted by Crippen LogP contribution is -2.37. The molecule has 158 valence electrons. The molecule has 0 aliphatic rings. The van der Waals surface area contributed by atoms with Crippen LogP contribution in [0.5, 0.6) is 11.5 Å². The van der Waals surface area contributed by atoms with Gasteiger partial charge in [0.15, 0.2) is 4.77 Å². The molecule has 0 saturated carbocycles. The molecule has 12 heteroatoms. The Morgan fingerprint density at radius 1 is 1.28 bits per heavy atom. The van der Waals surface area contributed by atoms with Gasteiger partial charge in [0.05, 0.1) is 26.5 Å². The van der Waals surface area contributed by atoms with E-state index < -0.39 is 30.4 Å². The number of H-pyrrole nitrogens is 1. The standard InChI is InChI=1S/C17H18F3N3O5S/c1-26-9-3-4-11(13(5-9)27-2)12-6-14(24)22-16(29)23(12)8-10(7-21)28-15(25)17(18,19)20/h3-6,10H,7-8,21H2,1-2H3,(H,22,24,29)/t10-/m1/s1. The molecule has 1 aromatic carbocycles. The largest absolute Gasteiger partial charge is 0.497 e. The van der Waals surface area contributed by atoms with Crippen LogP contribution in [-0.4, -0.2) is 48.6 Å². The maximum Gasteiger partial charge on any atom is 0.490 e. The number of nitrogens with zero attached hydrogens (tertiary/aromatic N) is 1. The fraction of sp³-hybridized carbons (Fsp3) is 0.353. The molecule has 8 nitrogen and oxygen atoms in total. The van der Waals surface area contributed by atoms with E-state index in [2.05, 4.69) is 9.72 Å². The van der Waals surface area contributed by atoms with Crippen LogP contribution in [0.4, 0.5) is 13.2 Å². The number of halogens is 3. The molecule has 2 rings (SSSR count). The predicted octanol–water partition coefficient (Wildman–Crippen LogP) is 2.02. The third kappa shape index (κ3) is 5.35. The van der Waals surface area contributed by atoms with Crippen molar-refractivity contribution in [2.24, 2.45) is 5.73 Å². The van der Waals surface area contributed by atoms with Crippen LogP contribution < -0.4 is 20.8 Å². The number of nitrogens with one attached hydrogen (secondary N) is 1. The van der Waals surface area contributed by atoms with E-state index in [1.165, 1.54) is 24.9 Å². The number of ether oxygens (including phenoxy) is 3. The molecular weight excluding hydrogens is 415 g/mol. The number of nitrogens with two attached hydrogens (primary N) is 1. The Morgan fingerprint density at radius 2 is 1.97 bits per heavy atom. The van der Waals surface area contributed by atoms with Crippen molar-refractivity contribution in [3.63, 3.8) is 0 Å². The van der Waals surface area contributed by atoms with Gasteiger partial charge in [0.1, 0.15) is 17.6 Å². The summed E-state index contributed by atoms with van der Waals surface area (Å²) in [5.41, 5.74) is 5.59. The van der Waals surface area contributed by atoms with Gasteiger partial charge in [-0.05, 0) is 24.4 Å². The van der Waals surface area contributed by atoms with Crippen LogP contribution in [0.25, 0.3) is 11.3 Å². The third-order valence-corrected chi connectivity index (χ3v) is 4.20. The van der Waals surface area contributed by atoms with Gasteiger partial charge in [0.25, 0.3) is 5.56 Å². The van der Waals surface area contributed by atoms with Gasteiger partial charge in [-0.2, -0.15) is 13.2 Å². The Kier molecular flexibility index (Phi) is 7.03. The minimum atomic E-state index is -5.16. The summed E-state index contributed by atoms with van der Waals surface area (Å²) in [6.45, 7) is -0.722. The van der Waals surface area contributed by atoms with Crippen LogP contribution in [0, 0.1) is 4.77 Å². The summed E-state index contributed by atoms with van der Waals surface area (Å²) in [7, 11) is 2.86. The van der Waals surface area contributed by atoms with Gasteiger partial charge < -0.3 is 24.5 Å². The topological polar surface area (TPSA) is 109 Å². The number of alkyl halides is 3. The fourth-order valence-electron chi connectivity index (χ4n) is 2.52. The zero-order valence-electron chi connectivity index (χ0n) is 15.4. The number of hydrogen-bond donors (Lipinski definition) is 2. The summed E-state index contributed by atoms with van der Waals surface area (Å²) in [5.74, 6) is -1.55. The first-order chi connectivity index (χ1) is 13.6. The minimum absolute atomic E-state index is 0.0909. The third-order valence-electron chi connectivity index (χ3n) is 3.87. The van der Waals surface area contributed by atoms with Gasteiger partial charge in [-0.3, -0.25) is 9.78 Å². The predicted molar refractivity (Wildman–Crippen MR) is 99.4 cm³/mol. The van der Waals surface area contributed by atoms with E-state index in [-0.39, 0.29) is 17.0 Å². The number of hydrogen-bond acceptors (Lipinski definition) is 7. The number of aromatic amines is 1. The maximum absolute atomic E-state index is 12.5. The summed E-state index contributed by atoms with van der Waals surface area (Å²) in [4.78, 5) is 25.5. The first kappa shape index (κ1) is 22.4. The number of esters is 1. The van der Waals surface area contributed by atoms with Crippen LogP contribution in [0.1, 0.15) is 0 Å². The Balaban J connectivity index is 2.53. The lowest BCUT2D eigenvalue weighted by Gasteiger charge is -2.21. The average molecular weight is 433 g/mol. The average Bonchev–Trinajstić information content (AvgIpc) is 2.67. The quantitative estimate of drug-likeness (QED) is 0.508. The number of benzene rings is 1. The smallest absolute Gasteiger partial charge is 0.490 e. The zero-order chi connectivity index (χ0) is 21.8. The normalized spacial score (nSPS) is 12.3. The Hall–Kier alpha value is -2.86. The molecule has 0 amide bonds. The van der Waals surface area contributed by atoms with Crippen molar-refractivity contribution in [2.45, 2.75) is 18.8 Å². The first-order valence-electron chi connectivity index (χ1n) is 8.15. The second-order valence-electron chi connectivity index (χ2n) is 5.76. The van der Waals surface area contributed by atoms with Crippen LogP contribution in [0.3, 0.4) is 0 Å². The van der Waals surface area contributed by atoms with Crippen molar-refractivity contribution in [2.75, 3.05) is 20.8 Å². The van der Waals surface area contributed by atoms with E-state index in [0.717, 1.165) is 0 Å². The van der Waals surface area contributed by atoms with E-state index in [4.69, 9.17) is 27.4 Å². The van der Waals surface area contributed by atoms with E-state index in [1.807, 2.05) is 0 Å². The molecule has 2 aromatic rings. The lowest BCUT2D eigenvalue weighted by atomic mass is 10.1. The van der Waals surface area contributed by atoms with Crippen molar-refractivity contribution in [1.82, 2.24) is 9.55 Å². The van der Waals surface area contributed by atoms with Gasteiger partial charge in [0.2, 0.25) is 0 Å². The molecule has 0 radical (unpaired) electrons. The number of carbonyl (C=O) groups is 1. The highest BCUT2D eigenvalue weighted by Crippen LogP contribution is 2.33. The molecule has 0 bridgehead atoms. The number of rotatable bonds is 7. The summed E-state index contributed by atoms with van der Waals surface area (Å²) in [5, 5.41) is 0. The molecule has 0 aliphatic carbocycles. The molecule has 0 spiro atoms. The highest BCUT2D eigenvalue weighted by molar-refractivity contribution is 7.71. The minimum Gasteiger partial charge on any atom is -0.497 e. The molecule has 0 saturated heterocycles. The Bertz CT molecular complexity index is 1000. The van der Waals surface area contributed by atoms with Crippen molar-refractivity contribution >= 4 is 18.2 Å². The zero-order valence-corrected chi connectivity index (χ0v) is 16.2. The van der Waals surface area contributed by atoms with Gasteiger partial charge >= 0.3 is 12.1 Å². The molecule has 29 heavy (non-hydrogen) atoms. The Morgan fingerprint density at radius 3 is 2.52 bits per heavy atom. The fourth-order valence-corrected chi connectivity index (χ4v) is 2.79. The van der Waals surface area contributed by atoms with E-state index in [1.54, 1.807) is 18.2 Å². The van der Waals surface area contributed by atoms with Crippen LogP contribution >= 0.6 is 12.2 Å². The molecule has 1 heterocycles. The van der Waals surface area contributed by atoms with Crippen molar-refractivity contribution in [3.05, 3.63) is 39.4 Å². The summed E-state index contributed by atoms with van der Waals surface area (Å²) in [6, 6.07) is 5.96. The summed E-state index contributed by atoms with van der Waals surface area (Å²) in [6.07, 6.45) is -6.51. The lowest BCUT2D eigenvalue weighted by molar-refractivity contribution is -0.205. The van der Waals surface area contributed by atoms with Crippen LogP contribution in [0.15, 0.2) is 29.1 Å². The second-order valence-corrected chi connectivity index (χ2v) is 6.15. The monoisotopic (exact) mass is 433 g/mol. The van der Waals surface area contributed by atoms with Gasteiger partial charge in [-0.25, -0.2) is 4.79 Å².